The number of rotatable bonds is 12. The predicted octanol–water partition coefficient (Wildman–Crippen LogP) is 4.31. The van der Waals surface area contributed by atoms with E-state index >= 15 is 0 Å². The Kier molecular flexibility index (Phi) is 10.5. The van der Waals surface area contributed by atoms with Gasteiger partial charge in [-0.2, -0.15) is 0 Å². The van der Waals surface area contributed by atoms with Crippen molar-refractivity contribution in [2.45, 2.75) is 34.1 Å². The number of nitrogens with one attached hydrogen (secondary N) is 3. The van der Waals surface area contributed by atoms with Crippen LogP contribution < -0.4 is 20.7 Å². The van der Waals surface area contributed by atoms with Crippen LogP contribution in [-0.4, -0.2) is 43.7 Å². The van der Waals surface area contributed by atoms with Crippen molar-refractivity contribution in [3.8, 4) is 5.75 Å². The molecule has 8 heteroatoms. The molecule has 1 heterocycles. The molecule has 0 bridgehead atoms. The first kappa shape index (κ1) is 27.6. The van der Waals surface area contributed by atoms with Crippen molar-refractivity contribution in [2.75, 3.05) is 32.2 Å². The molecule has 35 heavy (non-hydrogen) atoms. The van der Waals surface area contributed by atoms with Crippen LogP contribution in [0.5, 0.6) is 5.75 Å². The number of nitrogens with zero attached hydrogens (tertiary/aromatic N) is 1. The fourth-order valence-electron chi connectivity index (χ4n) is 2.96. The molecule has 0 aliphatic rings. The number of carbonyl (C=O) groups is 2. The first-order valence-corrected chi connectivity index (χ1v) is 11.5. The topological polar surface area (TPSA) is 102 Å². The third kappa shape index (κ3) is 10.0. The van der Waals surface area contributed by atoms with E-state index in [1.54, 1.807) is 38.5 Å². The van der Waals surface area contributed by atoms with Crippen molar-refractivity contribution in [3.63, 3.8) is 0 Å². The number of fused-ring (bicyclic) bond motifs is 1. The molecule has 0 atom stereocenters. The maximum absolute atomic E-state index is 12.2. The number of aromatic nitrogens is 1. The molecule has 2 amide bonds. The first-order chi connectivity index (χ1) is 16.6. The van der Waals surface area contributed by atoms with Gasteiger partial charge in [0.05, 0.1) is 12.1 Å². The Morgan fingerprint density at radius 3 is 2.57 bits per heavy atom. The summed E-state index contributed by atoms with van der Waals surface area (Å²) in [6, 6.07) is 7.56. The van der Waals surface area contributed by atoms with E-state index in [4.69, 9.17) is 9.47 Å². The van der Waals surface area contributed by atoms with Crippen LogP contribution in [0.3, 0.4) is 0 Å². The lowest BCUT2D eigenvalue weighted by atomic mass is 9.97. The van der Waals surface area contributed by atoms with E-state index in [1.807, 2.05) is 45.0 Å². The summed E-state index contributed by atoms with van der Waals surface area (Å²) in [4.78, 5) is 28.6. The lowest BCUT2D eigenvalue weighted by molar-refractivity contribution is -0.129. The van der Waals surface area contributed by atoms with Crippen molar-refractivity contribution < 1.29 is 19.1 Å². The Morgan fingerprint density at radius 2 is 1.89 bits per heavy atom. The molecule has 0 aliphatic heterocycles. The smallest absolute Gasteiger partial charge is 0.233 e. The molecule has 188 valence electrons. The highest BCUT2D eigenvalue weighted by Crippen LogP contribution is 2.26. The number of methoxy groups -OCH3 is 1. The summed E-state index contributed by atoms with van der Waals surface area (Å²) < 4.78 is 10.7. The largest absolute Gasteiger partial charge is 0.491 e. The number of allylic oxidation sites excluding steroid dienone is 3. The van der Waals surface area contributed by atoms with Crippen LogP contribution >= 0.6 is 0 Å². The zero-order valence-electron chi connectivity index (χ0n) is 21.2. The highest BCUT2D eigenvalue weighted by Gasteiger charge is 2.14. The summed E-state index contributed by atoms with van der Waals surface area (Å²) in [5.74, 6) is 0.0367. The van der Waals surface area contributed by atoms with Crippen molar-refractivity contribution in [1.29, 1.82) is 0 Å². The fraction of sp³-hybridized carbons (Fsp3) is 0.370. The molecule has 0 saturated heterocycles. The van der Waals surface area contributed by atoms with E-state index < -0.39 is 0 Å². The monoisotopic (exact) mass is 480 g/mol. The molecule has 2 rings (SSSR count). The summed E-state index contributed by atoms with van der Waals surface area (Å²) in [6.07, 6.45) is 6.71. The van der Waals surface area contributed by atoms with Gasteiger partial charge in [0.25, 0.3) is 0 Å². The summed E-state index contributed by atoms with van der Waals surface area (Å²) in [6.45, 7) is 13.4. The molecule has 1 aromatic heterocycles. The molecule has 8 nitrogen and oxygen atoms in total. The second-order valence-electron chi connectivity index (χ2n) is 9.17. The average molecular weight is 481 g/mol. The zero-order valence-corrected chi connectivity index (χ0v) is 21.2. The molecule has 2 aromatic rings. The molecular weight excluding hydrogens is 444 g/mol. The normalized spacial score (nSPS) is 12.0. The lowest BCUT2D eigenvalue weighted by Crippen LogP contribution is -2.35. The SMILES string of the molecule is C=C(/C=C\C(=C/C)NC(=O)CC(=O)NCC(C)(C)C)Nc1ccnc2cc(OCCOC)ccc12. The van der Waals surface area contributed by atoms with Crippen molar-refractivity contribution in [1.82, 2.24) is 15.6 Å². The second kappa shape index (κ2) is 13.3. The first-order valence-electron chi connectivity index (χ1n) is 11.5. The average Bonchev–Trinajstić information content (AvgIpc) is 2.80. The van der Waals surface area contributed by atoms with Crippen molar-refractivity contribution in [3.05, 3.63) is 66.7 Å². The van der Waals surface area contributed by atoms with Gasteiger partial charge in [0.1, 0.15) is 18.8 Å². The number of ether oxygens (including phenoxy) is 2. The minimum atomic E-state index is -0.378. The third-order valence-electron chi connectivity index (χ3n) is 4.76. The number of anilines is 1. The molecule has 1 aromatic carbocycles. The van der Waals surface area contributed by atoms with Crippen LogP contribution in [0.15, 0.2) is 66.7 Å². The summed E-state index contributed by atoms with van der Waals surface area (Å²) >= 11 is 0. The van der Waals surface area contributed by atoms with Gasteiger partial charge < -0.3 is 25.4 Å². The summed E-state index contributed by atoms with van der Waals surface area (Å²) in [5, 5.41) is 9.70. The van der Waals surface area contributed by atoms with E-state index in [0.717, 1.165) is 22.3 Å². The molecule has 0 spiro atoms. The van der Waals surface area contributed by atoms with Gasteiger partial charge >= 0.3 is 0 Å². The van der Waals surface area contributed by atoms with Crippen LogP contribution in [-0.2, 0) is 14.3 Å². The Hall–Kier alpha value is -3.65. The fourth-order valence-corrected chi connectivity index (χ4v) is 2.96. The number of carbonyl (C=O) groups excluding carboxylic acids is 2. The van der Waals surface area contributed by atoms with E-state index in [0.29, 0.717) is 31.2 Å². The van der Waals surface area contributed by atoms with Gasteiger partial charge in [0, 0.05) is 48.4 Å². The van der Waals surface area contributed by atoms with E-state index in [2.05, 4.69) is 27.5 Å². The third-order valence-corrected chi connectivity index (χ3v) is 4.76. The summed E-state index contributed by atoms with van der Waals surface area (Å²) in [7, 11) is 1.63. The van der Waals surface area contributed by atoms with Crippen molar-refractivity contribution >= 4 is 28.4 Å². The lowest BCUT2D eigenvalue weighted by Gasteiger charge is -2.18. The van der Waals surface area contributed by atoms with Gasteiger partial charge in [-0.1, -0.05) is 33.4 Å². The van der Waals surface area contributed by atoms with Crippen molar-refractivity contribution in [2.24, 2.45) is 5.41 Å². The Bertz CT molecular complexity index is 1100. The Morgan fingerprint density at radius 1 is 1.11 bits per heavy atom. The maximum atomic E-state index is 12.2. The van der Waals surface area contributed by atoms with Crippen LogP contribution in [0.1, 0.15) is 34.1 Å². The number of hydrogen-bond donors (Lipinski definition) is 3. The molecule has 3 N–H and O–H groups in total. The molecule has 0 aliphatic carbocycles. The van der Waals surface area contributed by atoms with Gasteiger partial charge in [-0.25, -0.2) is 0 Å². The number of pyridine rings is 1. The highest BCUT2D eigenvalue weighted by atomic mass is 16.5. The van der Waals surface area contributed by atoms with Gasteiger partial charge in [0.2, 0.25) is 11.8 Å². The van der Waals surface area contributed by atoms with E-state index in [1.165, 1.54) is 0 Å². The minimum Gasteiger partial charge on any atom is -0.491 e. The number of amides is 2. The molecule has 0 radical (unpaired) electrons. The quantitative estimate of drug-likeness (QED) is 0.238. The van der Waals surface area contributed by atoms with Crippen LogP contribution in [0.2, 0.25) is 0 Å². The van der Waals surface area contributed by atoms with E-state index in [9.17, 15) is 9.59 Å². The summed E-state index contributed by atoms with van der Waals surface area (Å²) in [5.41, 5.74) is 2.77. The number of hydrogen-bond acceptors (Lipinski definition) is 6. The maximum Gasteiger partial charge on any atom is 0.233 e. The van der Waals surface area contributed by atoms with E-state index in [-0.39, 0.29) is 23.7 Å². The number of benzene rings is 1. The van der Waals surface area contributed by atoms with Crippen LogP contribution in [0.4, 0.5) is 5.69 Å². The van der Waals surface area contributed by atoms with Gasteiger partial charge in [-0.3, -0.25) is 14.6 Å². The van der Waals surface area contributed by atoms with Crippen LogP contribution in [0.25, 0.3) is 10.9 Å². The molecule has 0 fully saturated rings. The minimum absolute atomic E-state index is 0.0447. The van der Waals surface area contributed by atoms with Crippen LogP contribution in [0, 0.1) is 5.41 Å². The predicted molar refractivity (Wildman–Crippen MR) is 140 cm³/mol. The molecule has 0 saturated carbocycles. The zero-order chi connectivity index (χ0) is 25.8. The van der Waals surface area contributed by atoms with Gasteiger partial charge in [-0.15, -0.1) is 0 Å². The Balaban J connectivity index is 1.95. The molecule has 0 unspecified atom stereocenters. The highest BCUT2D eigenvalue weighted by molar-refractivity contribution is 5.97. The van der Waals surface area contributed by atoms with Gasteiger partial charge in [0.15, 0.2) is 0 Å². The molecular formula is C27H36N4O4. The Labute approximate surface area is 207 Å². The second-order valence-corrected chi connectivity index (χ2v) is 9.17. The standard InChI is InChI=1S/C27H36N4O4/c1-7-20(31-26(33)17-25(32)29-18-27(3,4)5)9-8-19(2)30-23-12-13-28-24-16-21(10-11-22(23)24)35-15-14-34-6/h7-13,16H,2,14-15,17-18H2,1,3-6H3,(H,28,30)(H,29,32)(H,31,33)/b9-8-,20-7+. The van der Waals surface area contributed by atoms with Gasteiger partial charge in [-0.05, 0) is 42.7 Å².